The van der Waals surface area contributed by atoms with Gasteiger partial charge in [-0.05, 0) is 49.9 Å². The zero-order valence-corrected chi connectivity index (χ0v) is 17.0. The summed E-state index contributed by atoms with van der Waals surface area (Å²) in [6, 6.07) is 10.5. The van der Waals surface area contributed by atoms with E-state index in [-0.39, 0.29) is 0 Å². The number of fused-ring (bicyclic) bond motifs is 1. The smallest absolute Gasteiger partial charge is 0.177 e. The van der Waals surface area contributed by atoms with Gasteiger partial charge in [0.25, 0.3) is 0 Å². The van der Waals surface area contributed by atoms with Crippen molar-refractivity contribution in [3.8, 4) is 0 Å². The monoisotopic (exact) mass is 381 g/mol. The predicted molar refractivity (Wildman–Crippen MR) is 113 cm³/mol. The van der Waals surface area contributed by atoms with Gasteiger partial charge in [0, 0.05) is 17.5 Å². The molecule has 27 heavy (non-hydrogen) atoms. The number of imidazole rings is 1. The van der Waals surface area contributed by atoms with Crippen LogP contribution < -0.4 is 10.6 Å². The fraction of sp³-hybridized carbons (Fsp3) is 0.429. The molecule has 0 spiro atoms. The molecule has 0 radical (unpaired) electrons. The van der Waals surface area contributed by atoms with Crippen molar-refractivity contribution in [3.05, 3.63) is 47.8 Å². The van der Waals surface area contributed by atoms with Crippen molar-refractivity contribution in [3.63, 3.8) is 0 Å². The van der Waals surface area contributed by atoms with E-state index in [2.05, 4.69) is 66.7 Å². The van der Waals surface area contributed by atoms with Crippen LogP contribution in [0.3, 0.4) is 0 Å². The van der Waals surface area contributed by atoms with Crippen LogP contribution in [0, 0.1) is 6.92 Å². The van der Waals surface area contributed by atoms with Gasteiger partial charge < -0.3 is 10.6 Å². The van der Waals surface area contributed by atoms with E-state index in [4.69, 9.17) is 5.10 Å². The number of thioether (sulfide) groups is 1. The molecule has 1 aliphatic heterocycles. The van der Waals surface area contributed by atoms with Crippen LogP contribution in [0.15, 0.2) is 41.6 Å². The second kappa shape index (κ2) is 7.90. The Kier molecular flexibility index (Phi) is 5.36. The first-order valence-electron chi connectivity index (χ1n) is 9.70. The van der Waals surface area contributed by atoms with Gasteiger partial charge >= 0.3 is 0 Å². The fourth-order valence-corrected chi connectivity index (χ4v) is 4.60. The molecule has 1 atom stereocenters. The predicted octanol–water partition coefficient (Wildman–Crippen LogP) is 4.75. The molecule has 142 valence electrons. The van der Waals surface area contributed by atoms with Crippen molar-refractivity contribution in [1.82, 2.24) is 19.9 Å². The van der Waals surface area contributed by atoms with Gasteiger partial charge in [0.2, 0.25) is 0 Å². The van der Waals surface area contributed by atoms with E-state index >= 15 is 0 Å². The molecule has 1 aliphatic rings. The second-order valence-corrected chi connectivity index (χ2v) is 8.82. The van der Waals surface area contributed by atoms with E-state index in [9.17, 15) is 0 Å². The number of nitrogens with one attached hydrogen (secondary N) is 2. The molecule has 5 nitrogen and oxygen atoms in total. The summed E-state index contributed by atoms with van der Waals surface area (Å²) in [6.45, 7) is 8.67. The number of hydrogen-bond acceptors (Lipinski definition) is 5. The first kappa shape index (κ1) is 18.3. The van der Waals surface area contributed by atoms with Gasteiger partial charge in [-0.25, -0.2) is 9.50 Å². The Labute approximate surface area is 165 Å². The van der Waals surface area contributed by atoms with Crippen LogP contribution >= 0.6 is 11.8 Å². The third-order valence-corrected chi connectivity index (χ3v) is 6.19. The quantitative estimate of drug-likeness (QED) is 0.668. The zero-order valence-electron chi connectivity index (χ0n) is 16.2. The van der Waals surface area contributed by atoms with Crippen LogP contribution in [0.2, 0.25) is 0 Å². The number of rotatable bonds is 5. The second-order valence-electron chi connectivity index (χ2n) is 7.50. The van der Waals surface area contributed by atoms with Crippen LogP contribution in [-0.4, -0.2) is 32.9 Å². The highest BCUT2D eigenvalue weighted by molar-refractivity contribution is 7.99. The van der Waals surface area contributed by atoms with Crippen molar-refractivity contribution >= 4 is 28.8 Å². The first-order chi connectivity index (χ1) is 13.1. The Balaban J connectivity index is 1.74. The van der Waals surface area contributed by atoms with E-state index in [0.717, 1.165) is 40.8 Å². The molecule has 2 N–H and O–H groups in total. The summed E-state index contributed by atoms with van der Waals surface area (Å²) in [6.07, 6.45) is 4.42. The summed E-state index contributed by atoms with van der Waals surface area (Å²) >= 11 is 1.87. The normalized spacial score (nSPS) is 17.6. The SMILES string of the molecule is Cc1ccccc1Nc1cc(SC2CCCNC2)nn2c(C(C)C)cnc12. The van der Waals surface area contributed by atoms with Crippen LogP contribution in [-0.2, 0) is 0 Å². The standard InChI is InChI=1S/C21H27N5S/c1-14(2)19-13-23-21-18(24-17-9-5-4-7-15(17)3)11-20(25-26(19)21)27-16-8-6-10-22-12-16/h4-5,7,9,11,13-14,16,22,24H,6,8,10,12H2,1-3H3. The minimum Gasteiger partial charge on any atom is -0.352 e. The number of aromatic nitrogens is 3. The van der Waals surface area contributed by atoms with E-state index in [0.29, 0.717) is 11.2 Å². The molecule has 1 saturated heterocycles. The van der Waals surface area contributed by atoms with Gasteiger partial charge in [-0.2, -0.15) is 5.10 Å². The number of para-hydroxylation sites is 1. The van der Waals surface area contributed by atoms with Crippen LogP contribution in [0.4, 0.5) is 11.4 Å². The minimum atomic E-state index is 0.371. The molecule has 1 aromatic carbocycles. The number of benzene rings is 1. The number of aryl methyl sites for hydroxylation is 1. The summed E-state index contributed by atoms with van der Waals surface area (Å²) in [5.41, 5.74) is 5.36. The van der Waals surface area contributed by atoms with Gasteiger partial charge in [0.15, 0.2) is 5.65 Å². The molecular weight excluding hydrogens is 354 g/mol. The van der Waals surface area contributed by atoms with Crippen LogP contribution in [0.1, 0.15) is 43.9 Å². The molecule has 3 aromatic rings. The number of hydrogen-bond donors (Lipinski definition) is 2. The summed E-state index contributed by atoms with van der Waals surface area (Å²) < 4.78 is 2.02. The highest BCUT2D eigenvalue weighted by Crippen LogP contribution is 2.32. The van der Waals surface area contributed by atoms with Gasteiger partial charge in [0.1, 0.15) is 5.03 Å². The molecule has 1 fully saturated rings. The molecule has 1 unspecified atom stereocenters. The maximum atomic E-state index is 4.92. The number of anilines is 2. The molecule has 4 rings (SSSR count). The maximum Gasteiger partial charge on any atom is 0.177 e. The van der Waals surface area contributed by atoms with Crippen molar-refractivity contribution in [1.29, 1.82) is 0 Å². The fourth-order valence-electron chi connectivity index (χ4n) is 3.46. The van der Waals surface area contributed by atoms with E-state index in [1.165, 1.54) is 18.4 Å². The van der Waals surface area contributed by atoms with E-state index < -0.39 is 0 Å². The first-order valence-corrected chi connectivity index (χ1v) is 10.6. The Morgan fingerprint density at radius 2 is 2.11 bits per heavy atom. The maximum absolute atomic E-state index is 4.92. The van der Waals surface area contributed by atoms with Crippen LogP contribution in [0.5, 0.6) is 0 Å². The lowest BCUT2D eigenvalue weighted by Gasteiger charge is -2.22. The lowest BCUT2D eigenvalue weighted by molar-refractivity contribution is 0.531. The van der Waals surface area contributed by atoms with Gasteiger partial charge in [-0.15, -0.1) is 0 Å². The Morgan fingerprint density at radius 3 is 2.85 bits per heavy atom. The molecule has 0 bridgehead atoms. The average Bonchev–Trinajstić information content (AvgIpc) is 3.09. The van der Waals surface area contributed by atoms with Gasteiger partial charge in [-0.3, -0.25) is 0 Å². The summed E-state index contributed by atoms with van der Waals surface area (Å²) in [5.74, 6) is 0.371. The van der Waals surface area contributed by atoms with E-state index in [1.807, 2.05) is 22.5 Å². The van der Waals surface area contributed by atoms with Gasteiger partial charge in [-0.1, -0.05) is 43.8 Å². The highest BCUT2D eigenvalue weighted by atomic mass is 32.2. The Morgan fingerprint density at radius 1 is 1.26 bits per heavy atom. The minimum absolute atomic E-state index is 0.371. The average molecular weight is 382 g/mol. The third-order valence-electron chi connectivity index (χ3n) is 5.02. The van der Waals surface area contributed by atoms with Gasteiger partial charge in [0.05, 0.1) is 17.6 Å². The third kappa shape index (κ3) is 3.96. The number of nitrogens with zero attached hydrogens (tertiary/aromatic N) is 3. The molecule has 2 aromatic heterocycles. The van der Waals surface area contributed by atoms with Crippen LogP contribution in [0.25, 0.3) is 5.65 Å². The molecular formula is C21H27N5S. The summed E-state index contributed by atoms with van der Waals surface area (Å²) in [7, 11) is 0. The molecule has 6 heteroatoms. The van der Waals surface area contributed by atoms with E-state index in [1.54, 1.807) is 0 Å². The molecule has 0 saturated carbocycles. The van der Waals surface area contributed by atoms with Crippen molar-refractivity contribution in [2.75, 3.05) is 18.4 Å². The van der Waals surface area contributed by atoms with Crippen molar-refractivity contribution in [2.45, 2.75) is 49.8 Å². The highest BCUT2D eigenvalue weighted by Gasteiger charge is 2.19. The van der Waals surface area contributed by atoms with Crippen molar-refractivity contribution < 1.29 is 0 Å². The largest absolute Gasteiger partial charge is 0.352 e. The topological polar surface area (TPSA) is 54.2 Å². The lowest BCUT2D eigenvalue weighted by Crippen LogP contribution is -2.31. The Hall–Kier alpha value is -2.05. The molecule has 3 heterocycles. The summed E-state index contributed by atoms with van der Waals surface area (Å²) in [5, 5.41) is 13.6. The summed E-state index contributed by atoms with van der Waals surface area (Å²) in [4.78, 5) is 4.67. The molecule has 0 aliphatic carbocycles. The van der Waals surface area contributed by atoms with Crippen molar-refractivity contribution in [2.24, 2.45) is 0 Å². The zero-order chi connectivity index (χ0) is 18.8. The number of piperidine rings is 1. The Bertz CT molecular complexity index is 927. The molecule has 0 amide bonds. The lowest BCUT2D eigenvalue weighted by atomic mass is 10.1.